The Morgan fingerprint density at radius 1 is 1.00 bits per heavy atom. The summed E-state index contributed by atoms with van der Waals surface area (Å²) in [4.78, 5) is 15.8. The van der Waals surface area contributed by atoms with Gasteiger partial charge in [-0.15, -0.1) is 0 Å². The lowest BCUT2D eigenvalue weighted by atomic mass is 9.83. The van der Waals surface area contributed by atoms with Gasteiger partial charge in [0.15, 0.2) is 11.6 Å². The third kappa shape index (κ3) is 5.42. The minimum Gasteiger partial charge on any atom is -0.478 e. The number of hydrogen-bond donors (Lipinski definition) is 1. The molecule has 4 aromatic rings. The van der Waals surface area contributed by atoms with E-state index in [1.54, 1.807) is 12.1 Å². The molecule has 0 amide bonds. The zero-order valence-electron chi connectivity index (χ0n) is 20.5. The molecule has 0 spiro atoms. The number of carbonyl (C=O) groups is 1. The van der Waals surface area contributed by atoms with Gasteiger partial charge in [-0.05, 0) is 55.2 Å². The molecule has 1 aromatic heterocycles. The van der Waals surface area contributed by atoms with Gasteiger partial charge in [0.05, 0.1) is 35.9 Å². The highest BCUT2D eigenvalue weighted by atomic mass is 35.5. The van der Waals surface area contributed by atoms with Crippen LogP contribution in [0.5, 0.6) is 0 Å². The Balaban J connectivity index is 1.54. The summed E-state index contributed by atoms with van der Waals surface area (Å²) in [7, 11) is 0. The second-order valence-corrected chi connectivity index (χ2v) is 10.1. The molecule has 0 bridgehead atoms. The van der Waals surface area contributed by atoms with Gasteiger partial charge < -0.3 is 14.4 Å². The van der Waals surface area contributed by atoms with Gasteiger partial charge in [0.25, 0.3) is 0 Å². The zero-order valence-corrected chi connectivity index (χ0v) is 21.2. The van der Waals surface area contributed by atoms with E-state index in [9.17, 15) is 18.0 Å². The molecule has 0 aliphatic heterocycles. The highest BCUT2D eigenvalue weighted by molar-refractivity contribution is 6.30. The number of nitrogens with zero attached hydrogens (tertiary/aromatic N) is 2. The average molecular weight is 543 g/mol. The summed E-state index contributed by atoms with van der Waals surface area (Å²) in [5.41, 5.74) is 1.61. The van der Waals surface area contributed by atoms with E-state index in [1.165, 1.54) is 12.1 Å². The summed E-state index contributed by atoms with van der Waals surface area (Å²) < 4.78 is 51.1. The molecule has 1 saturated carbocycles. The number of ether oxygens (including phenoxy) is 1. The van der Waals surface area contributed by atoms with Crippen LogP contribution in [-0.2, 0) is 11.3 Å². The van der Waals surface area contributed by atoms with E-state index in [-0.39, 0.29) is 36.3 Å². The van der Waals surface area contributed by atoms with Gasteiger partial charge in [-0.2, -0.15) is 0 Å². The molecular formula is C29H26ClF3N2O3. The maximum absolute atomic E-state index is 14.5. The van der Waals surface area contributed by atoms with Crippen molar-refractivity contribution in [2.45, 2.75) is 44.8 Å². The molecule has 1 unspecified atom stereocenters. The van der Waals surface area contributed by atoms with Crippen LogP contribution in [0.1, 0.15) is 54.1 Å². The van der Waals surface area contributed by atoms with E-state index in [4.69, 9.17) is 21.4 Å². The second-order valence-electron chi connectivity index (χ2n) is 9.66. The molecule has 38 heavy (non-hydrogen) atoms. The third-order valence-corrected chi connectivity index (χ3v) is 7.46. The predicted molar refractivity (Wildman–Crippen MR) is 139 cm³/mol. The Labute approximate surface area is 222 Å². The first-order chi connectivity index (χ1) is 18.3. The van der Waals surface area contributed by atoms with Crippen molar-refractivity contribution in [1.29, 1.82) is 0 Å². The van der Waals surface area contributed by atoms with Crippen molar-refractivity contribution in [3.05, 3.63) is 88.2 Å². The van der Waals surface area contributed by atoms with E-state index in [1.807, 2.05) is 16.7 Å². The molecule has 0 saturated heterocycles. The lowest BCUT2D eigenvalue weighted by molar-refractivity contribution is 0.0616. The number of aromatic carboxylic acids is 1. The zero-order chi connectivity index (χ0) is 26.8. The van der Waals surface area contributed by atoms with Crippen LogP contribution in [0.25, 0.3) is 22.4 Å². The largest absolute Gasteiger partial charge is 0.478 e. The molecule has 198 valence electrons. The molecule has 5 nitrogen and oxygen atoms in total. The van der Waals surface area contributed by atoms with Crippen molar-refractivity contribution >= 4 is 28.6 Å². The minimum atomic E-state index is -1.21. The molecule has 1 aliphatic carbocycles. The Bertz CT molecular complexity index is 1470. The van der Waals surface area contributed by atoms with Crippen molar-refractivity contribution in [2.75, 3.05) is 6.61 Å². The van der Waals surface area contributed by atoms with Crippen LogP contribution in [0.4, 0.5) is 13.2 Å². The number of carboxylic acid groups (broad SMARTS) is 1. The molecule has 1 aliphatic rings. The summed E-state index contributed by atoms with van der Waals surface area (Å²) >= 11 is 6.10. The Morgan fingerprint density at radius 3 is 2.39 bits per heavy atom. The number of rotatable bonds is 8. The highest BCUT2D eigenvalue weighted by Crippen LogP contribution is 2.39. The number of imidazole rings is 1. The molecule has 1 N–H and O–H groups in total. The van der Waals surface area contributed by atoms with E-state index >= 15 is 0 Å². The van der Waals surface area contributed by atoms with Crippen molar-refractivity contribution in [3.8, 4) is 11.4 Å². The summed E-state index contributed by atoms with van der Waals surface area (Å²) in [5.74, 6) is -3.09. The number of hydrogen-bond acceptors (Lipinski definition) is 3. The summed E-state index contributed by atoms with van der Waals surface area (Å²) in [5, 5.41) is 9.65. The smallest absolute Gasteiger partial charge is 0.335 e. The maximum Gasteiger partial charge on any atom is 0.335 e. The van der Waals surface area contributed by atoms with E-state index in [0.29, 0.717) is 21.9 Å². The van der Waals surface area contributed by atoms with Gasteiger partial charge in [0.1, 0.15) is 11.6 Å². The lowest BCUT2D eigenvalue weighted by Gasteiger charge is -2.32. The van der Waals surface area contributed by atoms with Gasteiger partial charge in [0, 0.05) is 28.3 Å². The van der Waals surface area contributed by atoms with Crippen molar-refractivity contribution in [2.24, 2.45) is 5.92 Å². The van der Waals surface area contributed by atoms with Gasteiger partial charge in [-0.1, -0.05) is 36.9 Å². The van der Waals surface area contributed by atoms with Crippen LogP contribution in [0.15, 0.2) is 54.6 Å². The Hall–Kier alpha value is -3.36. The molecular weight excluding hydrogens is 517 g/mol. The van der Waals surface area contributed by atoms with Crippen LogP contribution in [0.3, 0.4) is 0 Å². The number of carboxylic acids is 1. The molecule has 5 rings (SSSR count). The van der Waals surface area contributed by atoms with E-state index in [2.05, 4.69) is 4.98 Å². The fraction of sp³-hybridized carbons (Fsp3) is 0.310. The fourth-order valence-corrected chi connectivity index (χ4v) is 5.38. The first-order valence-electron chi connectivity index (χ1n) is 12.5. The normalized spacial score (nSPS) is 15.2. The Morgan fingerprint density at radius 2 is 1.71 bits per heavy atom. The number of halogens is 4. The van der Waals surface area contributed by atoms with Crippen molar-refractivity contribution < 1.29 is 27.8 Å². The second kappa shape index (κ2) is 11.2. The molecule has 1 fully saturated rings. The number of benzene rings is 3. The summed E-state index contributed by atoms with van der Waals surface area (Å²) in [6.45, 7) is 0.108. The molecule has 0 radical (unpaired) electrons. The monoisotopic (exact) mass is 542 g/mol. The summed E-state index contributed by atoms with van der Waals surface area (Å²) in [6.07, 6.45) is 5.06. The van der Waals surface area contributed by atoms with Crippen molar-refractivity contribution in [1.82, 2.24) is 9.55 Å². The van der Waals surface area contributed by atoms with Gasteiger partial charge in [0.2, 0.25) is 0 Å². The number of fused-ring (bicyclic) bond motifs is 1. The maximum atomic E-state index is 14.5. The standard InChI is InChI=1S/C29H26ClF3N2O3/c30-21-10-8-18(9-11-21)28-34-25-13-23(32)24(33)14-26(25)35(28)27(17-4-2-1-3-5-17)16-38-15-20-7-6-19(29(36)37)12-22(20)31/h6-14,17,27H,1-5,15-16H2,(H,36,37). The van der Waals surface area contributed by atoms with Gasteiger partial charge in [-0.3, -0.25) is 0 Å². The first-order valence-corrected chi connectivity index (χ1v) is 12.9. The van der Waals surface area contributed by atoms with Crippen LogP contribution in [0.2, 0.25) is 5.02 Å². The summed E-state index contributed by atoms with van der Waals surface area (Å²) in [6, 6.07) is 12.8. The fourth-order valence-electron chi connectivity index (χ4n) is 5.26. The minimum absolute atomic E-state index is 0.0686. The first kappa shape index (κ1) is 26.3. The average Bonchev–Trinajstić information content (AvgIpc) is 3.26. The van der Waals surface area contributed by atoms with Crippen LogP contribution < -0.4 is 0 Å². The Kier molecular flexibility index (Phi) is 7.72. The third-order valence-electron chi connectivity index (χ3n) is 7.21. The highest BCUT2D eigenvalue weighted by Gasteiger charge is 2.30. The van der Waals surface area contributed by atoms with Crippen LogP contribution >= 0.6 is 11.6 Å². The topological polar surface area (TPSA) is 64.3 Å². The predicted octanol–water partition coefficient (Wildman–Crippen LogP) is 7.81. The quantitative estimate of drug-likeness (QED) is 0.246. The molecule has 1 heterocycles. The number of aromatic nitrogens is 2. The molecule has 3 aromatic carbocycles. The van der Waals surface area contributed by atoms with Gasteiger partial charge >= 0.3 is 5.97 Å². The van der Waals surface area contributed by atoms with Gasteiger partial charge in [-0.25, -0.2) is 22.9 Å². The van der Waals surface area contributed by atoms with E-state index in [0.717, 1.165) is 55.9 Å². The molecule has 1 atom stereocenters. The van der Waals surface area contributed by atoms with Crippen molar-refractivity contribution in [3.63, 3.8) is 0 Å². The SMILES string of the molecule is O=C(O)c1ccc(COCC(C2CCCCC2)n2c(-c3ccc(Cl)cc3)nc3cc(F)c(F)cc32)c(F)c1. The lowest BCUT2D eigenvalue weighted by Crippen LogP contribution is -2.27. The molecule has 9 heteroatoms. The van der Waals surface area contributed by atoms with E-state index < -0.39 is 23.4 Å². The van der Waals surface area contributed by atoms with Crippen LogP contribution in [0, 0.1) is 23.4 Å². The van der Waals surface area contributed by atoms with Crippen LogP contribution in [-0.4, -0.2) is 27.2 Å².